The number of nitrogens with one attached hydrogen (secondary N) is 1. The SMILES string of the molecule is Cc1noc(C(=O)O)c1-c1cc2cccnc2[nH]1. The number of rotatable bonds is 2. The Morgan fingerprint density at radius 1 is 1.50 bits per heavy atom. The molecule has 6 heteroatoms. The summed E-state index contributed by atoms with van der Waals surface area (Å²) in [5.41, 5.74) is 2.32. The fourth-order valence-electron chi connectivity index (χ4n) is 1.93. The molecule has 0 radical (unpaired) electrons. The van der Waals surface area contributed by atoms with Gasteiger partial charge in [0.1, 0.15) is 5.65 Å². The number of carboxylic acid groups (broad SMARTS) is 1. The number of nitrogens with zero attached hydrogens (tertiary/aromatic N) is 2. The largest absolute Gasteiger partial charge is 0.475 e. The Balaban J connectivity index is 2.25. The average molecular weight is 243 g/mol. The van der Waals surface area contributed by atoms with Gasteiger partial charge in [0.05, 0.1) is 17.0 Å². The molecule has 0 fully saturated rings. The van der Waals surface area contributed by atoms with E-state index in [2.05, 4.69) is 15.1 Å². The lowest BCUT2D eigenvalue weighted by Crippen LogP contribution is -1.96. The number of H-pyrrole nitrogens is 1. The minimum Gasteiger partial charge on any atom is -0.475 e. The molecule has 0 atom stereocenters. The van der Waals surface area contributed by atoms with E-state index in [0.717, 1.165) is 5.39 Å². The van der Waals surface area contributed by atoms with E-state index in [1.807, 2.05) is 18.2 Å². The molecule has 0 aliphatic heterocycles. The predicted octanol–water partition coefficient (Wildman–Crippen LogP) is 2.22. The van der Waals surface area contributed by atoms with Crippen LogP contribution in [-0.2, 0) is 0 Å². The van der Waals surface area contributed by atoms with E-state index in [0.29, 0.717) is 22.6 Å². The van der Waals surface area contributed by atoms with E-state index < -0.39 is 5.97 Å². The van der Waals surface area contributed by atoms with Gasteiger partial charge in [-0.2, -0.15) is 0 Å². The second kappa shape index (κ2) is 3.69. The van der Waals surface area contributed by atoms with Gasteiger partial charge in [0.2, 0.25) is 0 Å². The average Bonchev–Trinajstić information content (AvgIpc) is 2.91. The molecule has 0 amide bonds. The van der Waals surface area contributed by atoms with Gasteiger partial charge in [0.15, 0.2) is 0 Å². The van der Waals surface area contributed by atoms with Gasteiger partial charge in [-0.25, -0.2) is 9.78 Å². The third-order valence-electron chi connectivity index (χ3n) is 2.72. The van der Waals surface area contributed by atoms with Crippen LogP contribution in [0.3, 0.4) is 0 Å². The maximum Gasteiger partial charge on any atom is 0.375 e. The first kappa shape index (κ1) is 10.5. The van der Waals surface area contributed by atoms with Crippen LogP contribution in [0.15, 0.2) is 28.9 Å². The number of aromatic amines is 1. The third kappa shape index (κ3) is 1.46. The Bertz CT molecular complexity index is 709. The lowest BCUT2D eigenvalue weighted by Gasteiger charge is -1.94. The van der Waals surface area contributed by atoms with E-state index in [9.17, 15) is 4.79 Å². The number of pyridine rings is 1. The standard InChI is InChI=1S/C12H9N3O3/c1-6-9(10(12(16)17)18-15-6)8-5-7-3-2-4-13-11(7)14-8/h2-5H,1H3,(H,13,14)(H,16,17). The number of hydrogen-bond donors (Lipinski definition) is 2. The molecule has 0 spiro atoms. The summed E-state index contributed by atoms with van der Waals surface area (Å²) < 4.78 is 4.82. The van der Waals surface area contributed by atoms with Crippen LogP contribution < -0.4 is 0 Å². The molecule has 0 aliphatic rings. The molecule has 2 N–H and O–H groups in total. The monoisotopic (exact) mass is 243 g/mol. The zero-order chi connectivity index (χ0) is 12.7. The van der Waals surface area contributed by atoms with Crippen molar-refractivity contribution in [1.29, 1.82) is 0 Å². The fraction of sp³-hybridized carbons (Fsp3) is 0.0833. The van der Waals surface area contributed by atoms with Gasteiger partial charge < -0.3 is 14.6 Å². The Morgan fingerprint density at radius 3 is 3.06 bits per heavy atom. The first-order chi connectivity index (χ1) is 8.66. The first-order valence-electron chi connectivity index (χ1n) is 5.30. The Morgan fingerprint density at radius 2 is 2.33 bits per heavy atom. The molecule has 3 aromatic heterocycles. The van der Waals surface area contributed by atoms with E-state index in [1.54, 1.807) is 13.1 Å². The zero-order valence-electron chi connectivity index (χ0n) is 9.47. The van der Waals surface area contributed by atoms with Crippen LogP contribution in [0, 0.1) is 6.92 Å². The Kier molecular flexibility index (Phi) is 2.16. The molecular formula is C12H9N3O3. The molecular weight excluding hydrogens is 234 g/mol. The van der Waals surface area contributed by atoms with Gasteiger partial charge in [-0.05, 0) is 25.1 Å². The number of carbonyl (C=O) groups is 1. The van der Waals surface area contributed by atoms with Gasteiger partial charge in [0, 0.05) is 11.6 Å². The smallest absolute Gasteiger partial charge is 0.375 e. The van der Waals surface area contributed by atoms with E-state index in [1.165, 1.54) is 0 Å². The van der Waals surface area contributed by atoms with Crippen molar-refractivity contribution in [1.82, 2.24) is 15.1 Å². The molecule has 0 saturated heterocycles. The highest BCUT2D eigenvalue weighted by Crippen LogP contribution is 2.28. The summed E-state index contributed by atoms with van der Waals surface area (Å²) in [6.07, 6.45) is 1.67. The third-order valence-corrected chi connectivity index (χ3v) is 2.72. The number of carboxylic acids is 1. The van der Waals surface area contributed by atoms with Gasteiger partial charge in [-0.1, -0.05) is 5.16 Å². The number of aromatic nitrogens is 3. The van der Waals surface area contributed by atoms with Crippen LogP contribution in [0.5, 0.6) is 0 Å². The molecule has 0 bridgehead atoms. The quantitative estimate of drug-likeness (QED) is 0.720. The molecule has 0 saturated carbocycles. The maximum atomic E-state index is 11.1. The molecule has 90 valence electrons. The fourth-order valence-corrected chi connectivity index (χ4v) is 1.93. The summed E-state index contributed by atoms with van der Waals surface area (Å²) in [5, 5.41) is 13.6. The summed E-state index contributed by atoms with van der Waals surface area (Å²) in [7, 11) is 0. The number of aryl methyl sites for hydroxylation is 1. The number of fused-ring (bicyclic) bond motifs is 1. The maximum absolute atomic E-state index is 11.1. The molecule has 18 heavy (non-hydrogen) atoms. The predicted molar refractivity (Wildman–Crippen MR) is 63.3 cm³/mol. The van der Waals surface area contributed by atoms with Crippen molar-refractivity contribution in [2.75, 3.05) is 0 Å². The zero-order valence-corrected chi connectivity index (χ0v) is 9.47. The van der Waals surface area contributed by atoms with Gasteiger partial charge >= 0.3 is 5.97 Å². The minimum atomic E-state index is -1.14. The van der Waals surface area contributed by atoms with Gasteiger partial charge in [-0.3, -0.25) is 0 Å². The highest BCUT2D eigenvalue weighted by molar-refractivity contribution is 5.95. The minimum absolute atomic E-state index is 0.168. The van der Waals surface area contributed by atoms with Crippen LogP contribution in [-0.4, -0.2) is 26.2 Å². The molecule has 3 heterocycles. The van der Waals surface area contributed by atoms with E-state index in [4.69, 9.17) is 9.63 Å². The summed E-state index contributed by atoms with van der Waals surface area (Å²) >= 11 is 0. The van der Waals surface area contributed by atoms with Gasteiger partial charge in [0.25, 0.3) is 5.76 Å². The lowest BCUT2D eigenvalue weighted by molar-refractivity contribution is 0.0653. The number of aromatic carboxylic acids is 1. The normalized spacial score (nSPS) is 10.9. The second-order valence-electron chi connectivity index (χ2n) is 3.90. The van der Waals surface area contributed by atoms with Crippen molar-refractivity contribution in [2.24, 2.45) is 0 Å². The summed E-state index contributed by atoms with van der Waals surface area (Å²) in [6.45, 7) is 1.70. The van der Waals surface area contributed by atoms with Crippen molar-refractivity contribution >= 4 is 17.0 Å². The summed E-state index contributed by atoms with van der Waals surface area (Å²) in [6, 6.07) is 5.54. The molecule has 0 aliphatic carbocycles. The highest BCUT2D eigenvalue weighted by atomic mass is 16.5. The van der Waals surface area contributed by atoms with Crippen molar-refractivity contribution in [2.45, 2.75) is 6.92 Å². The van der Waals surface area contributed by atoms with Crippen LogP contribution >= 0.6 is 0 Å². The second-order valence-corrected chi connectivity index (χ2v) is 3.90. The van der Waals surface area contributed by atoms with Crippen LogP contribution in [0.2, 0.25) is 0 Å². The van der Waals surface area contributed by atoms with Crippen LogP contribution in [0.4, 0.5) is 0 Å². The summed E-state index contributed by atoms with van der Waals surface area (Å²) in [4.78, 5) is 18.3. The van der Waals surface area contributed by atoms with E-state index >= 15 is 0 Å². The van der Waals surface area contributed by atoms with E-state index in [-0.39, 0.29) is 5.76 Å². The van der Waals surface area contributed by atoms with Crippen molar-refractivity contribution in [3.63, 3.8) is 0 Å². The highest BCUT2D eigenvalue weighted by Gasteiger charge is 2.22. The molecule has 3 aromatic rings. The molecule has 6 nitrogen and oxygen atoms in total. The first-order valence-corrected chi connectivity index (χ1v) is 5.30. The molecule has 0 unspecified atom stereocenters. The Labute approximate surface area is 101 Å². The lowest BCUT2D eigenvalue weighted by atomic mass is 10.1. The van der Waals surface area contributed by atoms with Crippen molar-refractivity contribution in [3.8, 4) is 11.3 Å². The van der Waals surface area contributed by atoms with Crippen molar-refractivity contribution < 1.29 is 14.4 Å². The topological polar surface area (TPSA) is 92.0 Å². The molecule has 3 rings (SSSR count). The number of hydrogen-bond acceptors (Lipinski definition) is 4. The van der Waals surface area contributed by atoms with Crippen LogP contribution in [0.25, 0.3) is 22.3 Å². The Hall–Kier alpha value is -2.63. The van der Waals surface area contributed by atoms with Crippen LogP contribution in [0.1, 0.15) is 16.2 Å². The van der Waals surface area contributed by atoms with Crippen molar-refractivity contribution in [3.05, 3.63) is 35.9 Å². The van der Waals surface area contributed by atoms with Gasteiger partial charge in [-0.15, -0.1) is 0 Å². The molecule has 0 aromatic carbocycles. The summed E-state index contributed by atoms with van der Waals surface area (Å²) in [5.74, 6) is -1.31.